The topological polar surface area (TPSA) is 38.5 Å². The molecule has 3 nitrogen and oxygen atoms in total. The van der Waals surface area contributed by atoms with Crippen LogP contribution in [-0.4, -0.2) is 32.3 Å². The van der Waals surface area contributed by atoms with Gasteiger partial charge in [0.1, 0.15) is 0 Å². The van der Waals surface area contributed by atoms with E-state index in [0.717, 1.165) is 6.54 Å². The van der Waals surface area contributed by atoms with E-state index >= 15 is 0 Å². The fraction of sp³-hybridized carbons (Fsp3) is 0.455. The maximum absolute atomic E-state index is 5.73. The lowest BCUT2D eigenvalue weighted by Gasteiger charge is -2.21. The first-order valence-electron chi connectivity index (χ1n) is 4.78. The molecule has 0 saturated heterocycles. The van der Waals surface area contributed by atoms with Gasteiger partial charge in [0.15, 0.2) is 0 Å². The first kappa shape index (κ1) is 11.2. The Labute approximate surface area is 85.4 Å². The third-order valence-corrected chi connectivity index (χ3v) is 2.34. The van der Waals surface area contributed by atoms with E-state index < -0.39 is 0 Å². The summed E-state index contributed by atoms with van der Waals surface area (Å²) in [6.45, 7) is 1.45. The molecule has 0 aliphatic carbocycles. The van der Waals surface area contributed by atoms with Gasteiger partial charge in [-0.2, -0.15) is 5.06 Å². The molecule has 0 heterocycles. The summed E-state index contributed by atoms with van der Waals surface area (Å²) in [5.74, 6) is 0.334. The van der Waals surface area contributed by atoms with E-state index in [0.29, 0.717) is 12.5 Å². The van der Waals surface area contributed by atoms with Gasteiger partial charge < -0.3 is 10.6 Å². The highest BCUT2D eigenvalue weighted by Gasteiger charge is 2.11. The number of benzene rings is 1. The molecular formula is C11H18N2O. The van der Waals surface area contributed by atoms with Crippen molar-refractivity contribution in [3.63, 3.8) is 0 Å². The van der Waals surface area contributed by atoms with Crippen molar-refractivity contribution in [1.29, 1.82) is 0 Å². The minimum absolute atomic E-state index is 0.334. The summed E-state index contributed by atoms with van der Waals surface area (Å²) in [7, 11) is 3.57. The Morgan fingerprint density at radius 2 is 2.00 bits per heavy atom. The number of hydrogen-bond acceptors (Lipinski definition) is 3. The van der Waals surface area contributed by atoms with E-state index in [2.05, 4.69) is 12.1 Å². The van der Waals surface area contributed by atoms with Crippen molar-refractivity contribution in [3.8, 4) is 0 Å². The summed E-state index contributed by atoms with van der Waals surface area (Å²) in [5, 5.41) is 1.80. The number of rotatable bonds is 5. The van der Waals surface area contributed by atoms with Crippen molar-refractivity contribution in [3.05, 3.63) is 35.9 Å². The van der Waals surface area contributed by atoms with Crippen LogP contribution in [0.15, 0.2) is 30.3 Å². The highest BCUT2D eigenvalue weighted by molar-refractivity contribution is 5.20. The predicted molar refractivity (Wildman–Crippen MR) is 57.9 cm³/mol. The summed E-state index contributed by atoms with van der Waals surface area (Å²) in [5.41, 5.74) is 6.99. The molecule has 1 atom stereocenters. The molecule has 0 aliphatic rings. The summed E-state index contributed by atoms with van der Waals surface area (Å²) in [4.78, 5) is 5.08. The SMILES string of the molecule is CON(C)CC(CN)c1ccccc1. The van der Waals surface area contributed by atoms with E-state index in [9.17, 15) is 0 Å². The zero-order valence-corrected chi connectivity index (χ0v) is 8.81. The van der Waals surface area contributed by atoms with Crippen LogP contribution in [0, 0.1) is 0 Å². The maximum Gasteiger partial charge on any atom is 0.0575 e. The third-order valence-electron chi connectivity index (χ3n) is 2.34. The smallest absolute Gasteiger partial charge is 0.0575 e. The van der Waals surface area contributed by atoms with Gasteiger partial charge in [0.05, 0.1) is 7.11 Å². The van der Waals surface area contributed by atoms with E-state index in [-0.39, 0.29) is 0 Å². The molecule has 14 heavy (non-hydrogen) atoms. The van der Waals surface area contributed by atoms with Crippen molar-refractivity contribution < 1.29 is 4.84 Å². The highest BCUT2D eigenvalue weighted by Crippen LogP contribution is 2.14. The van der Waals surface area contributed by atoms with Gasteiger partial charge in [-0.25, -0.2) is 0 Å². The Bertz CT molecular complexity index is 251. The predicted octanol–water partition coefficient (Wildman–Crippen LogP) is 1.22. The number of nitrogens with two attached hydrogens (primary N) is 1. The molecule has 0 fully saturated rings. The number of hydrogen-bond donors (Lipinski definition) is 1. The first-order chi connectivity index (χ1) is 6.77. The lowest BCUT2D eigenvalue weighted by atomic mass is 9.99. The Morgan fingerprint density at radius 1 is 1.36 bits per heavy atom. The normalized spacial score (nSPS) is 13.1. The molecule has 2 N–H and O–H groups in total. The van der Waals surface area contributed by atoms with Gasteiger partial charge in [-0.3, -0.25) is 0 Å². The van der Waals surface area contributed by atoms with Gasteiger partial charge in [-0.15, -0.1) is 0 Å². The van der Waals surface area contributed by atoms with Gasteiger partial charge in [-0.05, 0) is 5.56 Å². The van der Waals surface area contributed by atoms with Crippen molar-refractivity contribution in [2.45, 2.75) is 5.92 Å². The van der Waals surface area contributed by atoms with E-state index in [1.165, 1.54) is 5.56 Å². The lowest BCUT2D eigenvalue weighted by molar-refractivity contribution is -0.112. The van der Waals surface area contributed by atoms with Crippen LogP contribution in [0.1, 0.15) is 11.5 Å². The molecule has 1 aromatic carbocycles. The number of nitrogens with zero attached hydrogens (tertiary/aromatic N) is 1. The van der Waals surface area contributed by atoms with Gasteiger partial charge >= 0.3 is 0 Å². The molecule has 0 spiro atoms. The Hall–Kier alpha value is -0.900. The van der Waals surface area contributed by atoms with Gasteiger partial charge in [0.2, 0.25) is 0 Å². The molecule has 0 saturated carbocycles. The second kappa shape index (κ2) is 5.75. The second-order valence-corrected chi connectivity index (χ2v) is 3.34. The second-order valence-electron chi connectivity index (χ2n) is 3.34. The number of hydroxylamine groups is 2. The van der Waals surface area contributed by atoms with Crippen LogP contribution in [0.4, 0.5) is 0 Å². The van der Waals surface area contributed by atoms with Gasteiger partial charge in [0.25, 0.3) is 0 Å². The van der Waals surface area contributed by atoms with Crippen LogP contribution in [0.5, 0.6) is 0 Å². The van der Waals surface area contributed by atoms with Crippen LogP contribution in [0.2, 0.25) is 0 Å². The summed E-state index contributed by atoms with van der Waals surface area (Å²) < 4.78 is 0. The third kappa shape index (κ3) is 3.10. The molecule has 0 amide bonds. The molecule has 1 aromatic rings. The molecular weight excluding hydrogens is 176 g/mol. The van der Waals surface area contributed by atoms with Crippen molar-refractivity contribution in [2.75, 3.05) is 27.2 Å². The quantitative estimate of drug-likeness (QED) is 0.716. The lowest BCUT2D eigenvalue weighted by Crippen LogP contribution is -2.27. The van der Waals surface area contributed by atoms with Gasteiger partial charge in [0, 0.05) is 26.1 Å². The molecule has 1 unspecified atom stereocenters. The highest BCUT2D eigenvalue weighted by atomic mass is 16.7. The van der Waals surface area contributed by atoms with E-state index in [1.54, 1.807) is 12.2 Å². The minimum atomic E-state index is 0.334. The molecule has 78 valence electrons. The van der Waals surface area contributed by atoms with E-state index in [1.807, 2.05) is 25.2 Å². The van der Waals surface area contributed by atoms with Crippen LogP contribution >= 0.6 is 0 Å². The average molecular weight is 194 g/mol. The molecule has 0 aromatic heterocycles. The first-order valence-corrected chi connectivity index (χ1v) is 4.78. The Balaban J connectivity index is 2.63. The average Bonchev–Trinajstić information content (AvgIpc) is 2.26. The summed E-state index contributed by atoms with van der Waals surface area (Å²) >= 11 is 0. The van der Waals surface area contributed by atoms with Crippen molar-refractivity contribution in [1.82, 2.24) is 5.06 Å². The largest absolute Gasteiger partial charge is 0.330 e. The van der Waals surface area contributed by atoms with Crippen LogP contribution in [0.3, 0.4) is 0 Å². The van der Waals surface area contributed by atoms with Crippen molar-refractivity contribution >= 4 is 0 Å². The number of likely N-dealkylation sites (N-methyl/N-ethyl adjacent to an activating group) is 1. The standard InChI is InChI=1S/C11H18N2O/c1-13(14-2)9-11(8-12)10-6-4-3-5-7-10/h3-7,11H,8-9,12H2,1-2H3. The zero-order chi connectivity index (χ0) is 10.4. The van der Waals surface area contributed by atoms with Crippen LogP contribution < -0.4 is 5.73 Å². The monoisotopic (exact) mass is 194 g/mol. The fourth-order valence-corrected chi connectivity index (χ4v) is 1.43. The summed E-state index contributed by atoms with van der Waals surface area (Å²) in [6, 6.07) is 10.3. The molecule has 3 heteroatoms. The minimum Gasteiger partial charge on any atom is -0.330 e. The molecule has 0 radical (unpaired) electrons. The van der Waals surface area contributed by atoms with Gasteiger partial charge in [-0.1, -0.05) is 30.3 Å². The maximum atomic E-state index is 5.73. The van der Waals surface area contributed by atoms with Crippen LogP contribution in [0.25, 0.3) is 0 Å². The van der Waals surface area contributed by atoms with Crippen LogP contribution in [-0.2, 0) is 4.84 Å². The Morgan fingerprint density at radius 3 is 2.50 bits per heavy atom. The Kier molecular flexibility index (Phi) is 4.59. The molecule has 0 aliphatic heterocycles. The molecule has 1 rings (SSSR count). The van der Waals surface area contributed by atoms with Crippen molar-refractivity contribution in [2.24, 2.45) is 5.73 Å². The zero-order valence-electron chi connectivity index (χ0n) is 8.81. The van der Waals surface area contributed by atoms with E-state index in [4.69, 9.17) is 10.6 Å². The summed E-state index contributed by atoms with van der Waals surface area (Å²) in [6.07, 6.45) is 0. The fourth-order valence-electron chi connectivity index (χ4n) is 1.43. The molecule has 0 bridgehead atoms.